The van der Waals surface area contributed by atoms with E-state index in [2.05, 4.69) is 4.72 Å². The first-order valence-electron chi connectivity index (χ1n) is 6.58. The molecule has 0 bridgehead atoms. The van der Waals surface area contributed by atoms with Gasteiger partial charge < -0.3 is 0 Å². The summed E-state index contributed by atoms with van der Waals surface area (Å²) in [5, 5.41) is 8.42. The predicted octanol–water partition coefficient (Wildman–Crippen LogP) is 2.98. The number of hydrogen-bond donors (Lipinski definition) is 3. The Morgan fingerprint density at radius 1 is 1.17 bits per heavy atom. The number of benzene rings is 2. The third-order valence-electron chi connectivity index (χ3n) is 2.90. The number of amides is 1. The van der Waals surface area contributed by atoms with Crippen molar-refractivity contribution in [1.82, 2.24) is 5.48 Å². The van der Waals surface area contributed by atoms with Gasteiger partial charge in [-0.25, -0.2) is 13.9 Å². The summed E-state index contributed by atoms with van der Waals surface area (Å²) in [5.74, 6) is -0.729. The van der Waals surface area contributed by atoms with Gasteiger partial charge in [-0.05, 0) is 48.0 Å². The Morgan fingerprint density at radius 3 is 2.50 bits per heavy atom. The minimum absolute atomic E-state index is 0.00185. The van der Waals surface area contributed by atoms with Crippen LogP contribution in [0.3, 0.4) is 0 Å². The van der Waals surface area contributed by atoms with E-state index in [4.69, 9.17) is 5.21 Å². The molecule has 9 heteroatoms. The fourth-order valence-electron chi connectivity index (χ4n) is 1.78. The molecule has 0 fully saturated rings. The number of hydroxylamine groups is 1. The highest BCUT2D eigenvalue weighted by atomic mass is 32.2. The van der Waals surface area contributed by atoms with Crippen molar-refractivity contribution in [3.05, 3.63) is 60.2 Å². The summed E-state index contributed by atoms with van der Waals surface area (Å²) in [4.78, 5) is 11.3. The highest BCUT2D eigenvalue weighted by Crippen LogP contribution is 2.23. The van der Waals surface area contributed by atoms with E-state index >= 15 is 0 Å². The van der Waals surface area contributed by atoms with Gasteiger partial charge in [0.1, 0.15) is 0 Å². The largest absolute Gasteiger partial charge is 0.288 e. The smallest absolute Gasteiger partial charge is 0.267 e. The molecule has 2 aromatic carbocycles. The Morgan fingerprint density at radius 2 is 1.88 bits per heavy atom. The molecule has 0 aliphatic carbocycles. The van der Waals surface area contributed by atoms with Crippen LogP contribution >= 0.6 is 12.1 Å². The average Bonchev–Trinajstić information content (AvgIpc) is 2.60. The van der Waals surface area contributed by atoms with E-state index in [9.17, 15) is 17.1 Å². The lowest BCUT2D eigenvalue weighted by Crippen LogP contribution is -2.15. The number of anilines is 1. The number of sulfonamides is 1. The zero-order valence-corrected chi connectivity index (χ0v) is 13.8. The molecular weight excluding hydrogens is 355 g/mol. The molecule has 24 heavy (non-hydrogen) atoms. The van der Waals surface area contributed by atoms with Gasteiger partial charge in [-0.1, -0.05) is 12.1 Å². The molecule has 0 saturated carbocycles. The van der Waals surface area contributed by atoms with Crippen LogP contribution in [-0.2, 0) is 14.8 Å². The second-order valence-corrected chi connectivity index (χ2v) is 6.90. The van der Waals surface area contributed by atoms with Crippen LogP contribution in [0.4, 0.5) is 9.57 Å². The van der Waals surface area contributed by atoms with Crippen LogP contribution in [0.25, 0.3) is 6.08 Å². The first kappa shape index (κ1) is 18.0. The van der Waals surface area contributed by atoms with Crippen molar-refractivity contribution in [2.45, 2.75) is 9.79 Å². The average molecular weight is 368 g/mol. The Balaban J connectivity index is 2.22. The summed E-state index contributed by atoms with van der Waals surface area (Å²) >= 11 is 0.0681. The SMILES string of the molecule is O=C(C=Cc1cccc(S(=O)(=O)Nc2ccc(SF)cc2)c1)NO. The lowest BCUT2D eigenvalue weighted by molar-refractivity contribution is -0.124. The molecular formula is C15H13FN2O4S2. The van der Waals surface area contributed by atoms with Crippen molar-refractivity contribution in [3.63, 3.8) is 0 Å². The van der Waals surface area contributed by atoms with Crippen LogP contribution in [-0.4, -0.2) is 19.5 Å². The molecule has 126 valence electrons. The van der Waals surface area contributed by atoms with Crippen LogP contribution in [0.15, 0.2) is 64.4 Å². The second-order valence-electron chi connectivity index (χ2n) is 4.59. The topological polar surface area (TPSA) is 95.5 Å². The van der Waals surface area contributed by atoms with Gasteiger partial charge in [0.05, 0.1) is 17.0 Å². The Bertz CT molecular complexity index is 852. The number of rotatable bonds is 6. The Kier molecular flexibility index (Phi) is 5.96. The van der Waals surface area contributed by atoms with Crippen molar-refractivity contribution in [3.8, 4) is 0 Å². The number of hydrogen-bond acceptors (Lipinski definition) is 5. The normalized spacial score (nSPS) is 11.4. The fraction of sp³-hybridized carbons (Fsp3) is 0. The zero-order valence-electron chi connectivity index (χ0n) is 12.1. The summed E-state index contributed by atoms with van der Waals surface area (Å²) < 4.78 is 39.5. The maximum atomic E-state index is 12.4. The van der Waals surface area contributed by atoms with Crippen LogP contribution in [0.2, 0.25) is 0 Å². The van der Waals surface area contributed by atoms with Crippen molar-refractivity contribution >= 4 is 39.8 Å². The van der Waals surface area contributed by atoms with E-state index in [1.54, 1.807) is 6.07 Å². The predicted molar refractivity (Wildman–Crippen MR) is 89.6 cm³/mol. The molecule has 0 radical (unpaired) electrons. The summed E-state index contributed by atoms with van der Waals surface area (Å²) in [7, 11) is -3.83. The fourth-order valence-corrected chi connectivity index (χ4v) is 3.14. The Hall–Kier alpha value is -2.36. The lowest BCUT2D eigenvalue weighted by atomic mass is 10.2. The van der Waals surface area contributed by atoms with Gasteiger partial charge >= 0.3 is 0 Å². The van der Waals surface area contributed by atoms with E-state index < -0.39 is 15.9 Å². The molecule has 0 heterocycles. The lowest BCUT2D eigenvalue weighted by Gasteiger charge is -2.09. The van der Waals surface area contributed by atoms with E-state index in [1.165, 1.54) is 54.0 Å². The van der Waals surface area contributed by atoms with E-state index in [1.807, 2.05) is 0 Å². The van der Waals surface area contributed by atoms with Crippen molar-refractivity contribution in [2.75, 3.05) is 4.72 Å². The van der Waals surface area contributed by atoms with Gasteiger partial charge in [-0.2, -0.15) is 3.89 Å². The van der Waals surface area contributed by atoms with E-state index in [-0.39, 0.29) is 17.0 Å². The number of halogens is 1. The second kappa shape index (κ2) is 7.95. The number of carbonyl (C=O) groups is 1. The van der Waals surface area contributed by atoms with Gasteiger partial charge in [0.25, 0.3) is 15.9 Å². The van der Waals surface area contributed by atoms with Gasteiger partial charge in [0, 0.05) is 16.7 Å². The Labute approximate surface area is 142 Å². The third kappa shape index (κ3) is 4.82. The van der Waals surface area contributed by atoms with Gasteiger partial charge in [-0.3, -0.25) is 14.7 Å². The van der Waals surface area contributed by atoms with Crippen molar-refractivity contribution in [1.29, 1.82) is 0 Å². The summed E-state index contributed by atoms with van der Waals surface area (Å²) in [5.41, 5.74) is 2.20. The molecule has 0 unspecified atom stereocenters. The maximum absolute atomic E-state index is 12.4. The monoisotopic (exact) mass is 368 g/mol. The van der Waals surface area contributed by atoms with Crippen molar-refractivity contribution < 1.29 is 22.3 Å². The van der Waals surface area contributed by atoms with Gasteiger partial charge in [0.2, 0.25) is 0 Å². The molecule has 0 aromatic heterocycles. The molecule has 0 atom stereocenters. The summed E-state index contributed by atoms with van der Waals surface area (Å²) in [6, 6.07) is 11.7. The van der Waals surface area contributed by atoms with Crippen LogP contribution in [0, 0.1) is 0 Å². The maximum Gasteiger partial charge on any atom is 0.267 e. The van der Waals surface area contributed by atoms with Crippen LogP contribution < -0.4 is 10.2 Å². The first-order chi connectivity index (χ1) is 11.4. The highest BCUT2D eigenvalue weighted by Gasteiger charge is 2.14. The molecule has 6 nitrogen and oxygen atoms in total. The quantitative estimate of drug-likeness (QED) is 0.414. The molecule has 0 aliphatic heterocycles. The standard InChI is InChI=1S/C15H13FN2O4S2/c16-23-13-7-5-12(6-8-13)18-24(21,22)14-3-1-2-11(10-14)4-9-15(19)17-20/h1-10,18,20H,(H,17,19). The van der Waals surface area contributed by atoms with Gasteiger partial charge in [-0.15, -0.1) is 0 Å². The number of carbonyl (C=O) groups excluding carboxylic acids is 1. The van der Waals surface area contributed by atoms with Crippen LogP contribution in [0.1, 0.15) is 5.56 Å². The molecule has 3 N–H and O–H groups in total. The molecule has 2 rings (SSSR count). The zero-order chi connectivity index (χ0) is 17.6. The van der Waals surface area contributed by atoms with Crippen molar-refractivity contribution in [2.24, 2.45) is 0 Å². The minimum atomic E-state index is -3.83. The number of nitrogens with one attached hydrogen (secondary N) is 2. The first-order valence-corrected chi connectivity index (χ1v) is 8.78. The molecule has 0 spiro atoms. The highest BCUT2D eigenvalue weighted by molar-refractivity contribution is 7.94. The molecule has 1 amide bonds. The molecule has 2 aromatic rings. The van der Waals surface area contributed by atoms with E-state index in [0.717, 1.165) is 6.08 Å². The van der Waals surface area contributed by atoms with Gasteiger partial charge in [0.15, 0.2) is 0 Å². The third-order valence-corrected chi connectivity index (χ3v) is 4.73. The molecule has 0 saturated heterocycles. The molecule has 0 aliphatic rings. The van der Waals surface area contributed by atoms with E-state index in [0.29, 0.717) is 16.1 Å². The van der Waals surface area contributed by atoms with Crippen LogP contribution in [0.5, 0.6) is 0 Å². The minimum Gasteiger partial charge on any atom is -0.288 e. The summed E-state index contributed by atoms with van der Waals surface area (Å²) in [6.45, 7) is 0. The summed E-state index contributed by atoms with van der Waals surface area (Å²) in [6.07, 6.45) is 2.42.